The molecule has 9 heteroatoms. The number of carboxylic acids is 1. The van der Waals surface area contributed by atoms with Gasteiger partial charge < -0.3 is 15.2 Å². The van der Waals surface area contributed by atoms with Gasteiger partial charge in [-0.2, -0.15) is 4.31 Å². The Kier molecular flexibility index (Phi) is 6.83. The fourth-order valence-electron chi connectivity index (χ4n) is 3.06. The van der Waals surface area contributed by atoms with Crippen molar-refractivity contribution in [2.75, 3.05) is 20.2 Å². The van der Waals surface area contributed by atoms with Crippen LogP contribution in [0, 0.1) is 11.8 Å². The number of benzene rings is 1. The van der Waals surface area contributed by atoms with E-state index in [1.165, 1.54) is 23.5 Å². The van der Waals surface area contributed by atoms with E-state index in [1.54, 1.807) is 26.0 Å². The first kappa shape index (κ1) is 21.2. The highest BCUT2D eigenvalue weighted by Crippen LogP contribution is 2.25. The summed E-state index contributed by atoms with van der Waals surface area (Å²) in [6, 6.07) is 5.09. The summed E-state index contributed by atoms with van der Waals surface area (Å²) in [5, 5.41) is 11.8. The zero-order valence-corrected chi connectivity index (χ0v) is 16.5. The quantitative estimate of drug-likeness (QED) is 0.716. The predicted octanol–water partition coefficient (Wildman–Crippen LogP) is 1.32. The molecular formula is C18H26N2O6S. The van der Waals surface area contributed by atoms with Gasteiger partial charge in [0.1, 0.15) is 11.8 Å². The smallest absolute Gasteiger partial charge is 0.326 e. The highest BCUT2D eigenvalue weighted by atomic mass is 32.2. The lowest BCUT2D eigenvalue weighted by atomic mass is 9.97. The van der Waals surface area contributed by atoms with E-state index in [2.05, 4.69) is 5.32 Å². The normalized spacial score (nSPS) is 19.5. The first-order valence-electron chi connectivity index (χ1n) is 8.84. The number of aliphatic carboxylic acids is 1. The van der Waals surface area contributed by atoms with Gasteiger partial charge in [0, 0.05) is 13.1 Å². The van der Waals surface area contributed by atoms with Crippen molar-refractivity contribution in [3.05, 3.63) is 24.3 Å². The lowest BCUT2D eigenvalue weighted by molar-refractivity contribution is -0.144. The van der Waals surface area contributed by atoms with Crippen molar-refractivity contribution in [1.29, 1.82) is 0 Å². The minimum Gasteiger partial charge on any atom is -0.497 e. The second-order valence-electron chi connectivity index (χ2n) is 6.95. The van der Waals surface area contributed by atoms with E-state index in [0.29, 0.717) is 25.1 Å². The van der Waals surface area contributed by atoms with Gasteiger partial charge in [-0.05, 0) is 43.0 Å². The minimum absolute atomic E-state index is 0.0324. The fourth-order valence-corrected chi connectivity index (χ4v) is 4.58. The molecule has 1 aliphatic rings. The van der Waals surface area contributed by atoms with Crippen molar-refractivity contribution in [1.82, 2.24) is 9.62 Å². The maximum Gasteiger partial charge on any atom is 0.326 e. The molecule has 0 aliphatic carbocycles. The number of rotatable bonds is 7. The second kappa shape index (κ2) is 8.71. The number of amides is 1. The summed E-state index contributed by atoms with van der Waals surface area (Å²) in [7, 11) is -2.23. The summed E-state index contributed by atoms with van der Waals surface area (Å²) in [4.78, 5) is 23.9. The summed E-state index contributed by atoms with van der Waals surface area (Å²) in [5.74, 6) is -1.82. The maximum atomic E-state index is 12.9. The SMILES string of the molecule is COc1ccc(S(=O)(=O)N2CCCC(C(=O)N[C@@H](C(=O)O)C(C)C)C2)cc1. The Morgan fingerprint density at radius 1 is 1.26 bits per heavy atom. The number of methoxy groups -OCH3 is 1. The van der Waals surface area contributed by atoms with Crippen LogP contribution in [0.5, 0.6) is 5.75 Å². The van der Waals surface area contributed by atoms with Crippen LogP contribution in [-0.2, 0) is 19.6 Å². The molecule has 1 amide bonds. The number of carboxylic acid groups (broad SMARTS) is 1. The zero-order chi connectivity index (χ0) is 20.2. The molecule has 0 spiro atoms. The molecule has 2 rings (SSSR count). The topological polar surface area (TPSA) is 113 Å². The Morgan fingerprint density at radius 2 is 1.89 bits per heavy atom. The van der Waals surface area contributed by atoms with Crippen LogP contribution >= 0.6 is 0 Å². The van der Waals surface area contributed by atoms with Crippen molar-refractivity contribution < 1.29 is 27.9 Å². The molecule has 1 aromatic carbocycles. The van der Waals surface area contributed by atoms with E-state index in [-0.39, 0.29) is 17.4 Å². The highest BCUT2D eigenvalue weighted by Gasteiger charge is 2.35. The highest BCUT2D eigenvalue weighted by molar-refractivity contribution is 7.89. The number of hydrogen-bond donors (Lipinski definition) is 2. The Bertz CT molecular complexity index is 776. The van der Waals surface area contributed by atoms with E-state index in [0.717, 1.165) is 0 Å². The van der Waals surface area contributed by atoms with Gasteiger partial charge in [0.2, 0.25) is 15.9 Å². The Morgan fingerprint density at radius 3 is 2.41 bits per heavy atom. The summed E-state index contributed by atoms with van der Waals surface area (Å²) < 4.78 is 32.0. The molecule has 1 fully saturated rings. The number of carbonyl (C=O) groups excluding carboxylic acids is 1. The van der Waals surface area contributed by atoms with Crippen LogP contribution in [0.2, 0.25) is 0 Å². The van der Waals surface area contributed by atoms with Crippen molar-refractivity contribution in [3.63, 3.8) is 0 Å². The number of nitrogens with one attached hydrogen (secondary N) is 1. The molecule has 27 heavy (non-hydrogen) atoms. The molecule has 1 aromatic rings. The van der Waals surface area contributed by atoms with Gasteiger partial charge in [0.15, 0.2) is 0 Å². The molecule has 8 nitrogen and oxygen atoms in total. The predicted molar refractivity (Wildman–Crippen MR) is 98.9 cm³/mol. The van der Waals surface area contributed by atoms with Gasteiger partial charge in [-0.3, -0.25) is 4.79 Å². The van der Waals surface area contributed by atoms with Crippen LogP contribution in [0.25, 0.3) is 0 Å². The molecule has 2 atom stereocenters. The number of piperidine rings is 1. The first-order chi connectivity index (χ1) is 12.7. The van der Waals surface area contributed by atoms with Gasteiger partial charge >= 0.3 is 5.97 Å². The molecule has 1 saturated heterocycles. The molecule has 0 aromatic heterocycles. The van der Waals surface area contributed by atoms with E-state index in [9.17, 15) is 23.1 Å². The summed E-state index contributed by atoms with van der Waals surface area (Å²) in [6.07, 6.45) is 1.05. The molecule has 0 bridgehead atoms. The standard InChI is InChI=1S/C18H26N2O6S/c1-12(2)16(18(22)23)19-17(21)13-5-4-10-20(11-13)27(24,25)15-8-6-14(26-3)7-9-15/h6-9,12-13,16H,4-5,10-11H2,1-3H3,(H,19,21)(H,22,23)/t13?,16-/m1/s1. The molecule has 0 radical (unpaired) electrons. The molecule has 1 aliphatic heterocycles. The van der Waals surface area contributed by atoms with Crippen molar-refractivity contribution in [2.24, 2.45) is 11.8 Å². The number of sulfonamides is 1. The van der Waals surface area contributed by atoms with Gasteiger partial charge in [0.05, 0.1) is 17.9 Å². The van der Waals surface area contributed by atoms with Gasteiger partial charge in [-0.1, -0.05) is 13.8 Å². The van der Waals surface area contributed by atoms with Gasteiger partial charge in [0.25, 0.3) is 0 Å². The van der Waals surface area contributed by atoms with Crippen LogP contribution < -0.4 is 10.1 Å². The van der Waals surface area contributed by atoms with Gasteiger partial charge in [-0.15, -0.1) is 0 Å². The molecule has 1 unspecified atom stereocenters. The minimum atomic E-state index is -3.73. The Labute approximate surface area is 159 Å². The molecular weight excluding hydrogens is 372 g/mol. The van der Waals surface area contributed by atoms with Crippen LogP contribution in [0.4, 0.5) is 0 Å². The number of ether oxygens (including phenoxy) is 1. The van der Waals surface area contributed by atoms with Crippen LogP contribution in [-0.4, -0.2) is 55.9 Å². The Balaban J connectivity index is 2.12. The molecule has 0 saturated carbocycles. The summed E-state index contributed by atoms with van der Waals surface area (Å²) in [6.45, 7) is 3.77. The Hall–Kier alpha value is -2.13. The van der Waals surface area contributed by atoms with Crippen LogP contribution in [0.1, 0.15) is 26.7 Å². The molecule has 150 valence electrons. The largest absolute Gasteiger partial charge is 0.497 e. The van der Waals surface area contributed by atoms with Crippen molar-refractivity contribution >= 4 is 21.9 Å². The lowest BCUT2D eigenvalue weighted by Crippen LogP contribution is -2.50. The van der Waals surface area contributed by atoms with Crippen LogP contribution in [0.3, 0.4) is 0 Å². The van der Waals surface area contributed by atoms with E-state index < -0.39 is 33.9 Å². The average molecular weight is 398 g/mol. The maximum absolute atomic E-state index is 12.9. The van der Waals surface area contributed by atoms with E-state index >= 15 is 0 Å². The number of hydrogen-bond acceptors (Lipinski definition) is 5. The summed E-state index contributed by atoms with van der Waals surface area (Å²) >= 11 is 0. The van der Waals surface area contributed by atoms with Crippen molar-refractivity contribution in [3.8, 4) is 5.75 Å². The third-order valence-electron chi connectivity index (χ3n) is 4.68. The van der Waals surface area contributed by atoms with Crippen molar-refractivity contribution in [2.45, 2.75) is 37.6 Å². The second-order valence-corrected chi connectivity index (χ2v) is 8.88. The average Bonchev–Trinajstić information content (AvgIpc) is 2.65. The first-order valence-corrected chi connectivity index (χ1v) is 10.3. The lowest BCUT2D eigenvalue weighted by Gasteiger charge is -2.32. The molecule has 2 N–H and O–H groups in total. The van der Waals surface area contributed by atoms with E-state index in [1.807, 2.05) is 0 Å². The molecule has 1 heterocycles. The number of nitrogens with zero attached hydrogens (tertiary/aromatic N) is 1. The third kappa shape index (κ3) is 4.98. The fraction of sp³-hybridized carbons (Fsp3) is 0.556. The third-order valence-corrected chi connectivity index (χ3v) is 6.56. The zero-order valence-electron chi connectivity index (χ0n) is 15.7. The number of carbonyl (C=O) groups is 2. The van der Waals surface area contributed by atoms with Crippen LogP contribution in [0.15, 0.2) is 29.2 Å². The summed E-state index contributed by atoms with van der Waals surface area (Å²) in [5.41, 5.74) is 0. The van der Waals surface area contributed by atoms with E-state index in [4.69, 9.17) is 4.74 Å². The van der Waals surface area contributed by atoms with Gasteiger partial charge in [-0.25, -0.2) is 13.2 Å². The monoisotopic (exact) mass is 398 g/mol.